The minimum absolute atomic E-state index is 0.0431. The molecule has 0 aromatic heterocycles. The van der Waals surface area contributed by atoms with Crippen molar-refractivity contribution in [3.8, 4) is 6.07 Å². The number of nitriles is 1. The molecule has 3 nitrogen and oxygen atoms in total. The number of rotatable bonds is 3. The summed E-state index contributed by atoms with van der Waals surface area (Å²) in [5.74, 6) is -3.78. The van der Waals surface area contributed by atoms with Gasteiger partial charge in [0.1, 0.15) is 11.6 Å². The summed E-state index contributed by atoms with van der Waals surface area (Å²) >= 11 is 0. The van der Waals surface area contributed by atoms with E-state index in [0.29, 0.717) is 6.07 Å². The standard InChI is InChI=1S/C11H9F2NO2/c1-2-16-11(15)10(6-14)7-3-8(12)5-9(13)4-7/h3-5,10H,2H2,1H3. The summed E-state index contributed by atoms with van der Waals surface area (Å²) in [6, 6.07) is 4.20. The lowest BCUT2D eigenvalue weighted by molar-refractivity contribution is -0.143. The molecule has 0 radical (unpaired) electrons. The number of ether oxygens (including phenoxy) is 1. The van der Waals surface area contributed by atoms with E-state index in [9.17, 15) is 13.6 Å². The van der Waals surface area contributed by atoms with Gasteiger partial charge in [0.15, 0.2) is 5.92 Å². The second kappa shape index (κ2) is 5.21. The summed E-state index contributed by atoms with van der Waals surface area (Å²) in [6.45, 7) is 1.69. The largest absolute Gasteiger partial charge is 0.465 e. The van der Waals surface area contributed by atoms with E-state index in [2.05, 4.69) is 4.74 Å². The second-order valence-electron chi connectivity index (χ2n) is 3.02. The minimum Gasteiger partial charge on any atom is -0.465 e. The van der Waals surface area contributed by atoms with Crippen molar-refractivity contribution in [3.63, 3.8) is 0 Å². The third-order valence-corrected chi connectivity index (χ3v) is 1.87. The van der Waals surface area contributed by atoms with Crippen molar-refractivity contribution in [2.45, 2.75) is 12.8 Å². The number of nitrogens with zero attached hydrogens (tertiary/aromatic N) is 1. The number of benzene rings is 1. The van der Waals surface area contributed by atoms with Crippen LogP contribution in [0.1, 0.15) is 18.4 Å². The van der Waals surface area contributed by atoms with Crippen LogP contribution in [0.5, 0.6) is 0 Å². The fourth-order valence-electron chi connectivity index (χ4n) is 1.23. The van der Waals surface area contributed by atoms with Gasteiger partial charge in [0.05, 0.1) is 12.7 Å². The zero-order chi connectivity index (χ0) is 12.1. The molecule has 16 heavy (non-hydrogen) atoms. The molecule has 1 aromatic rings. The lowest BCUT2D eigenvalue weighted by Crippen LogP contribution is -2.14. The van der Waals surface area contributed by atoms with Crippen molar-refractivity contribution in [3.05, 3.63) is 35.4 Å². The first-order valence-electron chi connectivity index (χ1n) is 4.60. The molecule has 1 aromatic carbocycles. The van der Waals surface area contributed by atoms with Crippen LogP contribution in [0.2, 0.25) is 0 Å². The zero-order valence-electron chi connectivity index (χ0n) is 8.54. The zero-order valence-corrected chi connectivity index (χ0v) is 8.54. The van der Waals surface area contributed by atoms with Gasteiger partial charge in [-0.25, -0.2) is 8.78 Å². The SMILES string of the molecule is CCOC(=O)C(C#N)c1cc(F)cc(F)c1. The molecular weight excluding hydrogens is 216 g/mol. The van der Waals surface area contributed by atoms with Gasteiger partial charge in [0.25, 0.3) is 0 Å². The highest BCUT2D eigenvalue weighted by Crippen LogP contribution is 2.19. The molecular formula is C11H9F2NO2. The molecule has 0 amide bonds. The molecule has 0 fully saturated rings. The van der Waals surface area contributed by atoms with Crippen molar-refractivity contribution in [1.82, 2.24) is 0 Å². The Morgan fingerprint density at radius 1 is 1.44 bits per heavy atom. The number of hydrogen-bond donors (Lipinski definition) is 0. The lowest BCUT2D eigenvalue weighted by atomic mass is 10.0. The molecule has 1 rings (SSSR count). The Morgan fingerprint density at radius 2 is 2.00 bits per heavy atom. The summed E-state index contributed by atoms with van der Waals surface area (Å²) in [5.41, 5.74) is -0.0431. The molecule has 1 unspecified atom stereocenters. The Morgan fingerprint density at radius 3 is 2.44 bits per heavy atom. The van der Waals surface area contributed by atoms with Gasteiger partial charge >= 0.3 is 5.97 Å². The monoisotopic (exact) mass is 225 g/mol. The van der Waals surface area contributed by atoms with E-state index < -0.39 is 23.5 Å². The highest BCUT2D eigenvalue weighted by molar-refractivity contribution is 5.81. The van der Waals surface area contributed by atoms with Gasteiger partial charge in [-0.3, -0.25) is 4.79 Å². The van der Waals surface area contributed by atoms with E-state index in [-0.39, 0.29) is 12.2 Å². The van der Waals surface area contributed by atoms with Gasteiger partial charge in [-0.1, -0.05) is 0 Å². The van der Waals surface area contributed by atoms with Crippen LogP contribution in [0.25, 0.3) is 0 Å². The highest BCUT2D eigenvalue weighted by atomic mass is 19.1. The van der Waals surface area contributed by atoms with Crippen molar-refractivity contribution < 1.29 is 18.3 Å². The molecule has 84 valence electrons. The smallest absolute Gasteiger partial charge is 0.327 e. The Labute approximate surface area is 91.3 Å². The van der Waals surface area contributed by atoms with Crippen LogP contribution >= 0.6 is 0 Å². The molecule has 0 heterocycles. The molecule has 0 aliphatic rings. The summed E-state index contributed by atoms with van der Waals surface area (Å²) in [4.78, 5) is 11.3. The first kappa shape index (κ1) is 12.1. The average molecular weight is 225 g/mol. The maximum atomic E-state index is 12.9. The van der Waals surface area contributed by atoms with E-state index in [1.54, 1.807) is 13.0 Å². The number of carbonyl (C=O) groups is 1. The molecule has 0 saturated carbocycles. The number of hydrogen-bond acceptors (Lipinski definition) is 3. The third-order valence-electron chi connectivity index (χ3n) is 1.87. The molecule has 0 aliphatic heterocycles. The van der Waals surface area contributed by atoms with Crippen LogP contribution in [-0.4, -0.2) is 12.6 Å². The normalized spacial score (nSPS) is 11.6. The lowest BCUT2D eigenvalue weighted by Gasteiger charge is -2.08. The molecule has 0 aliphatic carbocycles. The minimum atomic E-state index is -1.30. The molecule has 0 saturated heterocycles. The summed E-state index contributed by atoms with van der Waals surface area (Å²) in [6.07, 6.45) is 0. The molecule has 0 N–H and O–H groups in total. The summed E-state index contributed by atoms with van der Waals surface area (Å²) < 4.78 is 30.4. The van der Waals surface area contributed by atoms with Crippen molar-refractivity contribution in [2.75, 3.05) is 6.61 Å². The van der Waals surface area contributed by atoms with Crippen LogP contribution in [0.15, 0.2) is 18.2 Å². The Kier molecular flexibility index (Phi) is 3.95. The fraction of sp³-hybridized carbons (Fsp3) is 0.273. The van der Waals surface area contributed by atoms with E-state index in [1.807, 2.05) is 0 Å². The van der Waals surface area contributed by atoms with E-state index in [0.717, 1.165) is 12.1 Å². The van der Waals surface area contributed by atoms with Crippen LogP contribution in [0, 0.1) is 23.0 Å². The van der Waals surface area contributed by atoms with Crippen LogP contribution in [0.4, 0.5) is 8.78 Å². The quantitative estimate of drug-likeness (QED) is 0.740. The first-order chi connectivity index (χ1) is 7.58. The highest BCUT2D eigenvalue weighted by Gasteiger charge is 2.22. The van der Waals surface area contributed by atoms with E-state index in [1.165, 1.54) is 0 Å². The topological polar surface area (TPSA) is 50.1 Å². The predicted molar refractivity (Wildman–Crippen MR) is 51.3 cm³/mol. The molecule has 1 atom stereocenters. The van der Waals surface area contributed by atoms with Gasteiger partial charge in [-0.15, -0.1) is 0 Å². The Hall–Kier alpha value is -1.96. The van der Waals surface area contributed by atoms with Gasteiger partial charge in [0.2, 0.25) is 0 Å². The second-order valence-corrected chi connectivity index (χ2v) is 3.02. The van der Waals surface area contributed by atoms with Crippen LogP contribution in [0.3, 0.4) is 0 Å². The number of halogens is 2. The van der Waals surface area contributed by atoms with Crippen LogP contribution in [-0.2, 0) is 9.53 Å². The average Bonchev–Trinajstić information content (AvgIpc) is 2.17. The molecule has 5 heteroatoms. The van der Waals surface area contributed by atoms with Gasteiger partial charge < -0.3 is 4.74 Å². The predicted octanol–water partition coefficient (Wildman–Crippen LogP) is 2.14. The van der Waals surface area contributed by atoms with Crippen molar-refractivity contribution in [2.24, 2.45) is 0 Å². The first-order valence-corrected chi connectivity index (χ1v) is 4.60. The maximum absolute atomic E-state index is 12.9. The van der Waals surface area contributed by atoms with Crippen molar-refractivity contribution >= 4 is 5.97 Å². The summed E-state index contributed by atoms with van der Waals surface area (Å²) in [7, 11) is 0. The molecule has 0 spiro atoms. The van der Waals surface area contributed by atoms with Crippen LogP contribution < -0.4 is 0 Å². The van der Waals surface area contributed by atoms with Gasteiger partial charge in [0, 0.05) is 6.07 Å². The van der Waals surface area contributed by atoms with E-state index >= 15 is 0 Å². The molecule has 0 bridgehead atoms. The summed E-state index contributed by atoms with van der Waals surface area (Å²) in [5, 5.41) is 8.76. The van der Waals surface area contributed by atoms with Gasteiger partial charge in [-0.05, 0) is 24.6 Å². The van der Waals surface area contributed by atoms with E-state index in [4.69, 9.17) is 5.26 Å². The van der Waals surface area contributed by atoms with Gasteiger partial charge in [-0.2, -0.15) is 5.26 Å². The Bertz CT molecular complexity index is 420. The Balaban J connectivity index is 3.05. The number of esters is 1. The maximum Gasteiger partial charge on any atom is 0.327 e. The van der Waals surface area contributed by atoms with Crippen molar-refractivity contribution in [1.29, 1.82) is 5.26 Å². The number of carbonyl (C=O) groups excluding carboxylic acids is 1. The third kappa shape index (κ3) is 2.76. The fourth-order valence-corrected chi connectivity index (χ4v) is 1.23.